The molecule has 3 atom stereocenters. The van der Waals surface area contributed by atoms with Gasteiger partial charge in [-0.2, -0.15) is 0 Å². The molecule has 1 aliphatic heterocycles. The van der Waals surface area contributed by atoms with Crippen LogP contribution < -0.4 is 5.32 Å². The molecule has 186 valence electrons. The minimum absolute atomic E-state index is 0.146. The van der Waals surface area contributed by atoms with Crippen LogP contribution in [0.3, 0.4) is 0 Å². The molecule has 7 nitrogen and oxygen atoms in total. The second-order valence-corrected chi connectivity index (χ2v) is 9.58. The minimum atomic E-state index is -1.32. The third-order valence-electron chi connectivity index (χ3n) is 6.10. The van der Waals surface area contributed by atoms with Crippen LogP contribution in [0.4, 0.5) is 0 Å². The number of nitrogens with one attached hydrogen (secondary N) is 1. The molecular formula is C28H35N3O4. The average Bonchev–Trinajstić information content (AvgIpc) is 2.82. The van der Waals surface area contributed by atoms with Crippen molar-refractivity contribution in [3.05, 3.63) is 78.0 Å². The highest BCUT2D eigenvalue weighted by Crippen LogP contribution is 2.34. The molecule has 0 aromatic heterocycles. The Morgan fingerprint density at radius 2 is 1.54 bits per heavy atom. The summed E-state index contributed by atoms with van der Waals surface area (Å²) >= 11 is 0. The molecule has 3 rings (SSSR count). The number of carbonyl (C=O) groups is 3. The molecule has 0 radical (unpaired) electrons. The second kappa shape index (κ2) is 11.3. The highest BCUT2D eigenvalue weighted by molar-refractivity contribution is 5.98. The Morgan fingerprint density at radius 3 is 2.06 bits per heavy atom. The fourth-order valence-corrected chi connectivity index (χ4v) is 4.43. The van der Waals surface area contributed by atoms with Crippen LogP contribution in [-0.4, -0.2) is 50.9 Å². The monoisotopic (exact) mass is 477 g/mol. The van der Waals surface area contributed by atoms with E-state index in [1.807, 2.05) is 88.4 Å². The lowest BCUT2D eigenvalue weighted by atomic mass is 9.92. The Bertz CT molecular complexity index is 1070. The molecule has 0 spiro atoms. The maximum atomic E-state index is 14.2. The largest absolute Gasteiger partial charge is 0.371 e. The molecule has 1 unspecified atom stereocenters. The van der Waals surface area contributed by atoms with Crippen LogP contribution in [0.2, 0.25) is 0 Å². The molecule has 7 heteroatoms. The number of rotatable bonds is 8. The number of benzene rings is 2. The molecule has 0 aliphatic carbocycles. The maximum Gasteiger partial charge on any atom is 0.250 e. The lowest BCUT2D eigenvalue weighted by Gasteiger charge is -2.46. The Kier molecular flexibility index (Phi) is 8.46. The lowest BCUT2D eigenvalue weighted by molar-refractivity contribution is -0.149. The van der Waals surface area contributed by atoms with Gasteiger partial charge in [0.1, 0.15) is 12.3 Å². The summed E-state index contributed by atoms with van der Waals surface area (Å²) < 4.78 is 0. The first-order valence-electron chi connectivity index (χ1n) is 12.0. The van der Waals surface area contributed by atoms with E-state index >= 15 is 0 Å². The van der Waals surface area contributed by atoms with Crippen molar-refractivity contribution in [1.29, 1.82) is 0 Å². The van der Waals surface area contributed by atoms with Crippen molar-refractivity contribution < 1.29 is 19.5 Å². The number of carbonyl (C=O) groups excluding carboxylic acids is 3. The molecule has 0 saturated heterocycles. The SMILES string of the molecule is CC(=O)NC(O)[C@H](Cc1ccccc1)N1C(=O)[C@@H](C(C)C)N(C(=O)C(C)C)C=C1c1ccccc1. The Morgan fingerprint density at radius 1 is 0.971 bits per heavy atom. The molecule has 1 heterocycles. The van der Waals surface area contributed by atoms with Gasteiger partial charge in [-0.3, -0.25) is 14.4 Å². The van der Waals surface area contributed by atoms with Crippen LogP contribution >= 0.6 is 0 Å². The van der Waals surface area contributed by atoms with E-state index in [9.17, 15) is 19.5 Å². The Labute approximate surface area is 207 Å². The molecule has 0 saturated carbocycles. The fourth-order valence-electron chi connectivity index (χ4n) is 4.43. The van der Waals surface area contributed by atoms with Gasteiger partial charge in [-0.15, -0.1) is 0 Å². The van der Waals surface area contributed by atoms with Gasteiger partial charge in [0.2, 0.25) is 11.8 Å². The zero-order valence-electron chi connectivity index (χ0n) is 21.0. The van der Waals surface area contributed by atoms with Crippen molar-refractivity contribution in [3.8, 4) is 0 Å². The van der Waals surface area contributed by atoms with Gasteiger partial charge in [-0.1, -0.05) is 88.4 Å². The van der Waals surface area contributed by atoms with E-state index in [4.69, 9.17) is 0 Å². The standard InChI is InChI=1S/C28H35N3O4/c1-18(2)25-28(35)31(23(26(33)29-20(5)32)16-21-12-8-6-9-13-21)24(22-14-10-7-11-15-22)17-30(25)27(34)19(3)4/h6-15,17-19,23,25-26,33H,16H2,1-5H3,(H,29,32)/t23-,25+,26?/m0/s1. The van der Waals surface area contributed by atoms with E-state index in [1.165, 1.54) is 6.92 Å². The van der Waals surface area contributed by atoms with E-state index in [0.717, 1.165) is 11.1 Å². The molecule has 0 fully saturated rings. The van der Waals surface area contributed by atoms with Gasteiger partial charge in [0.05, 0.1) is 11.7 Å². The van der Waals surface area contributed by atoms with Crippen LogP contribution in [-0.2, 0) is 20.8 Å². The predicted octanol–water partition coefficient (Wildman–Crippen LogP) is 3.40. The quantitative estimate of drug-likeness (QED) is 0.570. The molecule has 2 aromatic carbocycles. The van der Waals surface area contributed by atoms with Gasteiger partial charge in [-0.25, -0.2) is 0 Å². The van der Waals surface area contributed by atoms with Crippen molar-refractivity contribution in [1.82, 2.24) is 15.1 Å². The van der Waals surface area contributed by atoms with Gasteiger partial charge in [0, 0.05) is 19.0 Å². The molecular weight excluding hydrogens is 442 g/mol. The van der Waals surface area contributed by atoms with Gasteiger partial charge >= 0.3 is 0 Å². The number of nitrogens with zero attached hydrogens (tertiary/aromatic N) is 2. The van der Waals surface area contributed by atoms with E-state index in [-0.39, 0.29) is 23.7 Å². The van der Waals surface area contributed by atoms with Crippen LogP contribution in [0.5, 0.6) is 0 Å². The predicted molar refractivity (Wildman–Crippen MR) is 135 cm³/mol. The number of aliphatic hydroxyl groups excluding tert-OH is 1. The van der Waals surface area contributed by atoms with Crippen LogP contribution in [0, 0.1) is 11.8 Å². The number of hydrogen-bond donors (Lipinski definition) is 2. The highest BCUT2D eigenvalue weighted by atomic mass is 16.3. The van der Waals surface area contributed by atoms with Gasteiger partial charge in [0.25, 0.3) is 5.91 Å². The molecule has 2 aromatic rings. The smallest absolute Gasteiger partial charge is 0.250 e. The van der Waals surface area contributed by atoms with Gasteiger partial charge in [0.15, 0.2) is 0 Å². The molecule has 0 bridgehead atoms. The molecule has 3 amide bonds. The molecule has 1 aliphatic rings. The summed E-state index contributed by atoms with van der Waals surface area (Å²) in [5.41, 5.74) is 2.15. The second-order valence-electron chi connectivity index (χ2n) is 9.58. The third kappa shape index (κ3) is 5.98. The number of aliphatic hydroxyl groups is 1. The van der Waals surface area contributed by atoms with Crippen molar-refractivity contribution in [2.75, 3.05) is 0 Å². The minimum Gasteiger partial charge on any atom is -0.371 e. The topological polar surface area (TPSA) is 89.9 Å². The summed E-state index contributed by atoms with van der Waals surface area (Å²) in [5, 5.41) is 13.7. The summed E-state index contributed by atoms with van der Waals surface area (Å²) in [7, 11) is 0. The summed E-state index contributed by atoms with van der Waals surface area (Å²) in [6.07, 6.45) is 0.715. The van der Waals surface area contributed by atoms with Gasteiger partial charge in [-0.05, 0) is 23.5 Å². The summed E-state index contributed by atoms with van der Waals surface area (Å²) in [6.45, 7) is 8.75. The first kappa shape index (κ1) is 26.2. The first-order valence-corrected chi connectivity index (χ1v) is 12.0. The Hall–Kier alpha value is -3.45. The van der Waals surface area contributed by atoms with E-state index < -0.39 is 24.2 Å². The summed E-state index contributed by atoms with van der Waals surface area (Å²) in [4.78, 5) is 42.3. The number of hydrogen-bond acceptors (Lipinski definition) is 4. The summed E-state index contributed by atoms with van der Waals surface area (Å²) in [6, 6.07) is 17.3. The zero-order chi connectivity index (χ0) is 25.7. The van der Waals surface area contributed by atoms with Crippen molar-refractivity contribution >= 4 is 23.4 Å². The molecule has 35 heavy (non-hydrogen) atoms. The average molecular weight is 478 g/mol. The van der Waals surface area contributed by atoms with Crippen LogP contribution in [0.15, 0.2) is 66.9 Å². The van der Waals surface area contributed by atoms with E-state index in [0.29, 0.717) is 12.1 Å². The number of amides is 3. The highest BCUT2D eigenvalue weighted by Gasteiger charge is 2.45. The Balaban J connectivity index is 2.21. The lowest BCUT2D eigenvalue weighted by Crippen LogP contribution is -2.61. The van der Waals surface area contributed by atoms with Crippen molar-refractivity contribution in [2.45, 2.75) is 59.4 Å². The van der Waals surface area contributed by atoms with Crippen molar-refractivity contribution in [3.63, 3.8) is 0 Å². The van der Waals surface area contributed by atoms with Gasteiger partial charge < -0.3 is 20.2 Å². The maximum absolute atomic E-state index is 14.2. The zero-order valence-corrected chi connectivity index (χ0v) is 21.0. The van der Waals surface area contributed by atoms with Crippen LogP contribution in [0.1, 0.15) is 45.7 Å². The normalized spacial score (nSPS) is 17.9. The van der Waals surface area contributed by atoms with E-state index in [2.05, 4.69) is 5.32 Å². The van der Waals surface area contributed by atoms with E-state index in [1.54, 1.807) is 16.0 Å². The van der Waals surface area contributed by atoms with Crippen LogP contribution in [0.25, 0.3) is 5.70 Å². The molecule has 2 N–H and O–H groups in total. The first-order chi connectivity index (χ1) is 16.6. The van der Waals surface area contributed by atoms with Crippen molar-refractivity contribution in [2.24, 2.45) is 11.8 Å². The fraction of sp³-hybridized carbons (Fsp3) is 0.393. The third-order valence-corrected chi connectivity index (χ3v) is 6.10. The summed E-state index contributed by atoms with van der Waals surface area (Å²) in [5.74, 6) is -1.30.